The molecule has 0 spiro atoms. The lowest BCUT2D eigenvalue weighted by Gasteiger charge is -2.42. The van der Waals surface area contributed by atoms with Gasteiger partial charge < -0.3 is 14.8 Å². The van der Waals surface area contributed by atoms with Crippen molar-refractivity contribution in [2.45, 2.75) is 57.4 Å². The van der Waals surface area contributed by atoms with Crippen molar-refractivity contribution in [1.29, 1.82) is 0 Å². The Kier molecular flexibility index (Phi) is 11.9. The van der Waals surface area contributed by atoms with Crippen LogP contribution in [0.4, 0.5) is 17.6 Å². The minimum Gasteiger partial charge on any atom is -0.633 e. The standard InChI is InChI=1S/C34H37F4N5O3S/c1-4-30-32(45)39-33(47-23-25-9-17-29(35)18-10-25)42(40-30)22-31(44)41(19-20-43(46,5-2)6-3)21-24-7-11-26(12-8-24)27-13-15-28(16-14-27)34(36,37)38/h7-18H,4-6,19-23H2,1-3H3. The molecule has 0 atom stereocenters. The monoisotopic (exact) mass is 671 g/mol. The van der Waals surface area contributed by atoms with E-state index in [1.165, 1.54) is 40.7 Å². The van der Waals surface area contributed by atoms with Crippen molar-refractivity contribution in [1.82, 2.24) is 19.7 Å². The molecule has 4 aromatic rings. The van der Waals surface area contributed by atoms with E-state index in [0.717, 1.165) is 23.3 Å². The van der Waals surface area contributed by atoms with Crippen LogP contribution in [0.3, 0.4) is 0 Å². The maximum absolute atomic E-state index is 13.9. The molecule has 0 radical (unpaired) electrons. The van der Waals surface area contributed by atoms with E-state index in [2.05, 4.69) is 10.1 Å². The van der Waals surface area contributed by atoms with E-state index in [4.69, 9.17) is 0 Å². The number of hydrogen-bond acceptors (Lipinski definition) is 6. The minimum atomic E-state index is -4.42. The first-order valence-electron chi connectivity index (χ1n) is 15.3. The molecule has 0 fully saturated rings. The Hall–Kier alpha value is -4.07. The lowest BCUT2D eigenvalue weighted by molar-refractivity contribution is -0.876. The van der Waals surface area contributed by atoms with E-state index in [-0.39, 0.29) is 48.8 Å². The zero-order valence-electron chi connectivity index (χ0n) is 26.5. The van der Waals surface area contributed by atoms with Crippen molar-refractivity contribution in [3.63, 3.8) is 0 Å². The molecule has 4 rings (SSSR count). The Morgan fingerprint density at radius 1 is 0.915 bits per heavy atom. The largest absolute Gasteiger partial charge is 0.633 e. The van der Waals surface area contributed by atoms with E-state index in [9.17, 15) is 32.4 Å². The van der Waals surface area contributed by atoms with Gasteiger partial charge in [0.05, 0.1) is 31.7 Å². The Bertz CT molecular complexity index is 1690. The summed E-state index contributed by atoms with van der Waals surface area (Å²) >= 11 is 1.20. The maximum atomic E-state index is 13.9. The molecule has 1 amide bonds. The van der Waals surface area contributed by atoms with Crippen LogP contribution in [0.1, 0.15) is 43.2 Å². The Morgan fingerprint density at radius 2 is 1.49 bits per heavy atom. The van der Waals surface area contributed by atoms with Gasteiger partial charge in [-0.15, -0.1) is 0 Å². The fourth-order valence-corrected chi connectivity index (χ4v) is 5.73. The molecule has 47 heavy (non-hydrogen) atoms. The number of likely N-dealkylation sites (N-methyl/N-ethyl adjacent to an activating group) is 1. The van der Waals surface area contributed by atoms with Crippen molar-refractivity contribution in [2.24, 2.45) is 0 Å². The first kappa shape index (κ1) is 35.8. The number of halogens is 4. The third-order valence-corrected chi connectivity index (χ3v) is 9.00. The molecule has 0 bridgehead atoms. The van der Waals surface area contributed by atoms with Crippen molar-refractivity contribution >= 4 is 17.7 Å². The molecular formula is C34H37F4N5O3S. The normalized spacial score (nSPS) is 11.9. The summed E-state index contributed by atoms with van der Waals surface area (Å²) in [6, 6.07) is 18.0. The van der Waals surface area contributed by atoms with E-state index in [1.54, 1.807) is 62.1 Å². The van der Waals surface area contributed by atoms with Crippen LogP contribution < -0.4 is 5.56 Å². The van der Waals surface area contributed by atoms with Crippen molar-refractivity contribution in [3.05, 3.63) is 117 Å². The number of alkyl halides is 3. The molecule has 0 aliphatic rings. The topological polar surface area (TPSA) is 91.2 Å². The number of amides is 1. The van der Waals surface area contributed by atoms with Gasteiger partial charge >= 0.3 is 6.18 Å². The summed E-state index contributed by atoms with van der Waals surface area (Å²) in [5.41, 5.74) is 1.89. The van der Waals surface area contributed by atoms with Gasteiger partial charge in [-0.1, -0.05) is 67.2 Å². The van der Waals surface area contributed by atoms with Crippen LogP contribution >= 0.6 is 11.8 Å². The summed E-state index contributed by atoms with van der Waals surface area (Å²) in [6.07, 6.45) is -4.10. The fourth-order valence-electron chi connectivity index (χ4n) is 4.84. The number of aromatic nitrogens is 3. The average molecular weight is 672 g/mol. The molecule has 0 N–H and O–H groups in total. The van der Waals surface area contributed by atoms with Crippen LogP contribution in [-0.4, -0.2) is 56.4 Å². The summed E-state index contributed by atoms with van der Waals surface area (Å²) in [4.78, 5) is 32.2. The van der Waals surface area contributed by atoms with Crippen molar-refractivity contribution < 1.29 is 27.0 Å². The smallest absolute Gasteiger partial charge is 0.416 e. The number of carbonyl (C=O) groups excluding carboxylic acids is 1. The second-order valence-corrected chi connectivity index (χ2v) is 12.0. The highest BCUT2D eigenvalue weighted by Crippen LogP contribution is 2.31. The Morgan fingerprint density at radius 3 is 2.04 bits per heavy atom. The van der Waals surface area contributed by atoms with Crippen LogP contribution in [0.15, 0.2) is 82.7 Å². The van der Waals surface area contributed by atoms with E-state index in [0.29, 0.717) is 36.4 Å². The molecule has 13 heteroatoms. The fraction of sp³-hybridized carbons (Fsp3) is 0.353. The number of benzene rings is 3. The summed E-state index contributed by atoms with van der Waals surface area (Å²) < 4.78 is 53.3. The second-order valence-electron chi connectivity index (χ2n) is 11.1. The molecule has 0 unspecified atom stereocenters. The van der Waals surface area contributed by atoms with Gasteiger partial charge in [-0.3, -0.25) is 9.59 Å². The molecule has 0 aliphatic heterocycles. The van der Waals surface area contributed by atoms with E-state index in [1.807, 2.05) is 0 Å². The SMILES string of the molecule is CCc1nn(CC(=O)N(CC[N+]([O-])(CC)CC)Cc2ccc(-c3ccc(C(F)(F)F)cc3)cc2)c(SCc2ccc(F)cc2)nc1=O. The Labute approximate surface area is 275 Å². The zero-order chi connectivity index (χ0) is 34.2. The number of carbonyl (C=O) groups is 1. The first-order valence-corrected chi connectivity index (χ1v) is 16.3. The summed E-state index contributed by atoms with van der Waals surface area (Å²) in [7, 11) is 0. The van der Waals surface area contributed by atoms with Crippen molar-refractivity contribution in [3.8, 4) is 11.1 Å². The van der Waals surface area contributed by atoms with Crippen LogP contribution in [0.25, 0.3) is 11.1 Å². The minimum absolute atomic E-state index is 0.164. The third kappa shape index (κ3) is 9.72. The lowest BCUT2D eigenvalue weighted by atomic mass is 10.0. The Balaban J connectivity index is 1.57. The van der Waals surface area contributed by atoms with Gasteiger partial charge in [-0.25, -0.2) is 9.07 Å². The molecular weight excluding hydrogens is 634 g/mol. The van der Waals surface area contributed by atoms with E-state index < -0.39 is 21.9 Å². The first-order chi connectivity index (χ1) is 22.3. The molecule has 1 heterocycles. The quantitative estimate of drug-likeness (QED) is 0.0642. The summed E-state index contributed by atoms with van der Waals surface area (Å²) in [6.45, 7) is 6.33. The molecule has 250 valence electrons. The van der Waals surface area contributed by atoms with Crippen LogP contribution in [-0.2, 0) is 36.2 Å². The number of thioether (sulfide) groups is 1. The van der Waals surface area contributed by atoms with Gasteiger partial charge in [0.15, 0.2) is 5.16 Å². The second kappa shape index (κ2) is 15.7. The molecule has 1 aromatic heterocycles. The molecule has 0 saturated heterocycles. The van der Waals surface area contributed by atoms with E-state index >= 15 is 0 Å². The van der Waals surface area contributed by atoms with Gasteiger partial charge in [-0.05, 0) is 66.8 Å². The molecule has 0 aliphatic carbocycles. The van der Waals surface area contributed by atoms with Gasteiger partial charge in [-0.2, -0.15) is 23.3 Å². The average Bonchev–Trinajstić information content (AvgIpc) is 3.07. The highest BCUT2D eigenvalue weighted by molar-refractivity contribution is 7.98. The summed E-state index contributed by atoms with van der Waals surface area (Å²) in [5, 5.41) is 17.8. The highest BCUT2D eigenvalue weighted by atomic mass is 32.2. The summed E-state index contributed by atoms with van der Waals surface area (Å²) in [5.74, 6) is -0.333. The van der Waals surface area contributed by atoms with Crippen LogP contribution in [0, 0.1) is 11.0 Å². The van der Waals surface area contributed by atoms with Crippen LogP contribution in [0.2, 0.25) is 0 Å². The number of quaternary nitrogens is 1. The maximum Gasteiger partial charge on any atom is 0.416 e. The third-order valence-electron chi connectivity index (χ3n) is 7.96. The number of nitrogens with zero attached hydrogens (tertiary/aromatic N) is 5. The predicted molar refractivity (Wildman–Crippen MR) is 174 cm³/mol. The number of hydrogen-bond donors (Lipinski definition) is 0. The number of aryl methyl sites for hydroxylation is 1. The predicted octanol–water partition coefficient (Wildman–Crippen LogP) is 6.70. The zero-order valence-corrected chi connectivity index (χ0v) is 27.3. The van der Waals surface area contributed by atoms with Gasteiger partial charge in [0.25, 0.3) is 5.56 Å². The van der Waals surface area contributed by atoms with Crippen LogP contribution in [0.5, 0.6) is 0 Å². The van der Waals surface area contributed by atoms with Crippen molar-refractivity contribution in [2.75, 3.05) is 26.2 Å². The number of rotatable bonds is 14. The molecule has 8 nitrogen and oxygen atoms in total. The van der Waals surface area contributed by atoms with Gasteiger partial charge in [0.1, 0.15) is 18.1 Å². The number of hydroxylamine groups is 3. The highest BCUT2D eigenvalue weighted by Gasteiger charge is 2.30. The van der Waals surface area contributed by atoms with Gasteiger partial charge in [0.2, 0.25) is 5.91 Å². The molecule has 0 saturated carbocycles. The van der Waals surface area contributed by atoms with Gasteiger partial charge in [0, 0.05) is 12.3 Å². The molecule has 3 aromatic carbocycles. The lowest BCUT2D eigenvalue weighted by Crippen LogP contribution is -2.48.